The maximum absolute atomic E-state index is 11.9. The fraction of sp³-hybridized carbons (Fsp3) is 0.417. The van der Waals surface area contributed by atoms with Crippen molar-refractivity contribution in [3.63, 3.8) is 0 Å². The van der Waals surface area contributed by atoms with Gasteiger partial charge in [0.05, 0.1) is 12.1 Å². The van der Waals surface area contributed by atoms with Crippen molar-refractivity contribution in [1.82, 2.24) is 5.32 Å². The summed E-state index contributed by atoms with van der Waals surface area (Å²) in [6, 6.07) is 6.90. The fourth-order valence-electron chi connectivity index (χ4n) is 1.75. The van der Waals surface area contributed by atoms with Gasteiger partial charge in [-0.05, 0) is 37.6 Å². The third-order valence-electron chi connectivity index (χ3n) is 2.81. The monoisotopic (exact) mass is 220 g/mol. The van der Waals surface area contributed by atoms with E-state index in [4.69, 9.17) is 10.5 Å². The van der Waals surface area contributed by atoms with Crippen molar-refractivity contribution < 1.29 is 9.53 Å². The maximum Gasteiger partial charge on any atom is 0.251 e. The number of amides is 1. The lowest BCUT2D eigenvalue weighted by atomic mass is 10.0. The molecular formula is C12H16N2O2. The summed E-state index contributed by atoms with van der Waals surface area (Å²) < 4.78 is 5.28. The lowest BCUT2D eigenvalue weighted by molar-refractivity contribution is 0.0890. The van der Waals surface area contributed by atoms with E-state index < -0.39 is 0 Å². The number of carbonyl (C=O) groups excluding carboxylic acids is 1. The molecule has 0 aliphatic carbocycles. The van der Waals surface area contributed by atoms with Gasteiger partial charge in [-0.2, -0.15) is 0 Å². The van der Waals surface area contributed by atoms with Crippen LogP contribution in [0.5, 0.6) is 0 Å². The van der Waals surface area contributed by atoms with Gasteiger partial charge in [0.25, 0.3) is 5.91 Å². The Morgan fingerprint density at radius 3 is 2.69 bits per heavy atom. The number of hydrogen-bond acceptors (Lipinski definition) is 3. The highest BCUT2D eigenvalue weighted by molar-refractivity contribution is 5.95. The number of rotatable bonds is 2. The molecule has 1 unspecified atom stereocenters. The average Bonchev–Trinajstić information content (AvgIpc) is 2.65. The van der Waals surface area contributed by atoms with Crippen LogP contribution < -0.4 is 11.1 Å². The van der Waals surface area contributed by atoms with Crippen LogP contribution in [0.25, 0.3) is 0 Å². The molecule has 16 heavy (non-hydrogen) atoms. The maximum atomic E-state index is 11.9. The number of ether oxygens (including phenoxy) is 1. The van der Waals surface area contributed by atoms with Crippen molar-refractivity contribution in [3.05, 3.63) is 29.8 Å². The van der Waals surface area contributed by atoms with Gasteiger partial charge in [-0.3, -0.25) is 4.79 Å². The molecule has 1 fully saturated rings. The molecule has 0 aromatic heterocycles. The predicted octanol–water partition coefficient (Wildman–Crippen LogP) is 1.18. The van der Waals surface area contributed by atoms with Crippen LogP contribution in [0.3, 0.4) is 0 Å². The zero-order chi connectivity index (χ0) is 11.6. The first-order chi connectivity index (χ1) is 7.59. The molecule has 1 saturated heterocycles. The molecule has 4 heteroatoms. The number of anilines is 1. The minimum atomic E-state index is -0.238. The van der Waals surface area contributed by atoms with Crippen LogP contribution in [0, 0.1) is 0 Å². The Kier molecular flexibility index (Phi) is 2.83. The number of benzene rings is 1. The minimum absolute atomic E-state index is 0.0759. The van der Waals surface area contributed by atoms with Crippen LogP contribution in [0.15, 0.2) is 24.3 Å². The summed E-state index contributed by atoms with van der Waals surface area (Å²) in [4.78, 5) is 11.9. The van der Waals surface area contributed by atoms with Crippen molar-refractivity contribution in [2.75, 3.05) is 18.9 Å². The van der Waals surface area contributed by atoms with Gasteiger partial charge in [0.2, 0.25) is 0 Å². The Bertz CT molecular complexity index is 381. The number of nitrogens with one attached hydrogen (secondary N) is 1. The van der Waals surface area contributed by atoms with Gasteiger partial charge in [0.15, 0.2) is 0 Å². The van der Waals surface area contributed by atoms with E-state index in [1.165, 1.54) is 0 Å². The Morgan fingerprint density at radius 1 is 1.44 bits per heavy atom. The van der Waals surface area contributed by atoms with E-state index in [0.717, 1.165) is 6.42 Å². The molecule has 0 saturated carbocycles. The van der Waals surface area contributed by atoms with Crippen molar-refractivity contribution in [2.24, 2.45) is 0 Å². The largest absolute Gasteiger partial charge is 0.399 e. The quantitative estimate of drug-likeness (QED) is 0.735. The van der Waals surface area contributed by atoms with Crippen LogP contribution >= 0.6 is 0 Å². The van der Waals surface area contributed by atoms with Gasteiger partial charge in [-0.25, -0.2) is 0 Å². The molecule has 0 radical (unpaired) electrons. The number of nitrogens with two attached hydrogens (primary N) is 1. The van der Waals surface area contributed by atoms with Gasteiger partial charge in [0.1, 0.15) is 0 Å². The third-order valence-corrected chi connectivity index (χ3v) is 2.81. The Balaban J connectivity index is 2.05. The van der Waals surface area contributed by atoms with Crippen LogP contribution in [-0.2, 0) is 4.74 Å². The van der Waals surface area contributed by atoms with E-state index in [-0.39, 0.29) is 11.4 Å². The number of hydrogen-bond donors (Lipinski definition) is 2. The van der Waals surface area contributed by atoms with Crippen molar-refractivity contribution >= 4 is 11.6 Å². The highest BCUT2D eigenvalue weighted by Gasteiger charge is 2.31. The molecule has 1 heterocycles. The highest BCUT2D eigenvalue weighted by atomic mass is 16.5. The molecule has 2 rings (SSSR count). The normalized spacial score (nSPS) is 24.3. The third kappa shape index (κ3) is 2.33. The second-order valence-electron chi connectivity index (χ2n) is 4.44. The lowest BCUT2D eigenvalue weighted by Crippen LogP contribution is -2.46. The molecular weight excluding hydrogens is 204 g/mol. The molecule has 4 nitrogen and oxygen atoms in total. The molecule has 1 aromatic rings. The Morgan fingerprint density at radius 2 is 2.12 bits per heavy atom. The van der Waals surface area contributed by atoms with Gasteiger partial charge >= 0.3 is 0 Å². The molecule has 1 atom stereocenters. The molecule has 1 aliphatic rings. The first-order valence-electron chi connectivity index (χ1n) is 5.35. The second kappa shape index (κ2) is 4.14. The van der Waals surface area contributed by atoms with E-state index in [1.807, 2.05) is 6.92 Å². The van der Waals surface area contributed by atoms with E-state index in [9.17, 15) is 4.79 Å². The van der Waals surface area contributed by atoms with Crippen LogP contribution in [-0.4, -0.2) is 24.7 Å². The first kappa shape index (κ1) is 11.0. The van der Waals surface area contributed by atoms with Gasteiger partial charge in [-0.15, -0.1) is 0 Å². The lowest BCUT2D eigenvalue weighted by Gasteiger charge is -2.23. The average molecular weight is 220 g/mol. The summed E-state index contributed by atoms with van der Waals surface area (Å²) in [6.45, 7) is 3.28. The van der Waals surface area contributed by atoms with E-state index >= 15 is 0 Å². The molecule has 1 aromatic carbocycles. The van der Waals surface area contributed by atoms with E-state index in [0.29, 0.717) is 24.5 Å². The molecule has 3 N–H and O–H groups in total. The van der Waals surface area contributed by atoms with Gasteiger partial charge < -0.3 is 15.8 Å². The standard InChI is InChI=1S/C12H16N2O2/c1-12(6-7-16-8-12)14-11(15)9-2-4-10(13)5-3-9/h2-5H,6-8,13H2,1H3,(H,14,15). The fourth-order valence-corrected chi connectivity index (χ4v) is 1.75. The molecule has 0 spiro atoms. The van der Waals surface area contributed by atoms with E-state index in [1.54, 1.807) is 24.3 Å². The zero-order valence-corrected chi connectivity index (χ0v) is 9.32. The smallest absolute Gasteiger partial charge is 0.251 e. The highest BCUT2D eigenvalue weighted by Crippen LogP contribution is 2.18. The molecule has 86 valence electrons. The minimum Gasteiger partial charge on any atom is -0.399 e. The summed E-state index contributed by atoms with van der Waals surface area (Å²) in [6.07, 6.45) is 0.855. The van der Waals surface area contributed by atoms with Crippen molar-refractivity contribution in [3.8, 4) is 0 Å². The summed E-state index contributed by atoms with van der Waals surface area (Å²) in [5.41, 5.74) is 6.61. The van der Waals surface area contributed by atoms with Crippen LogP contribution in [0.4, 0.5) is 5.69 Å². The summed E-state index contributed by atoms with van der Waals surface area (Å²) >= 11 is 0. The number of carbonyl (C=O) groups is 1. The molecule has 1 amide bonds. The topological polar surface area (TPSA) is 64.4 Å². The Hall–Kier alpha value is -1.55. The van der Waals surface area contributed by atoms with Gasteiger partial charge in [-0.1, -0.05) is 0 Å². The van der Waals surface area contributed by atoms with Crippen LogP contribution in [0.2, 0.25) is 0 Å². The van der Waals surface area contributed by atoms with E-state index in [2.05, 4.69) is 5.32 Å². The van der Waals surface area contributed by atoms with Crippen molar-refractivity contribution in [1.29, 1.82) is 0 Å². The zero-order valence-electron chi connectivity index (χ0n) is 9.32. The Labute approximate surface area is 94.8 Å². The molecule has 0 bridgehead atoms. The first-order valence-corrected chi connectivity index (χ1v) is 5.35. The van der Waals surface area contributed by atoms with Gasteiger partial charge in [0, 0.05) is 17.9 Å². The van der Waals surface area contributed by atoms with Crippen molar-refractivity contribution in [2.45, 2.75) is 18.9 Å². The summed E-state index contributed by atoms with van der Waals surface area (Å²) in [5, 5.41) is 2.99. The van der Waals surface area contributed by atoms with Crippen LogP contribution in [0.1, 0.15) is 23.7 Å². The summed E-state index contributed by atoms with van der Waals surface area (Å²) in [5.74, 6) is -0.0759. The summed E-state index contributed by atoms with van der Waals surface area (Å²) in [7, 11) is 0. The molecule has 1 aliphatic heterocycles. The second-order valence-corrected chi connectivity index (χ2v) is 4.44. The predicted molar refractivity (Wildman–Crippen MR) is 62.2 cm³/mol. The SMILES string of the molecule is CC1(NC(=O)c2ccc(N)cc2)CCOC1. The number of nitrogen functional groups attached to an aromatic ring is 1.